The van der Waals surface area contributed by atoms with E-state index in [9.17, 15) is 31.6 Å². The number of fused-ring (bicyclic) bond motifs is 1. The normalized spacial score (nSPS) is 22.5. The van der Waals surface area contributed by atoms with Crippen molar-refractivity contribution in [3.63, 3.8) is 0 Å². The van der Waals surface area contributed by atoms with E-state index in [0.717, 1.165) is 25.7 Å². The van der Waals surface area contributed by atoms with E-state index >= 15 is 0 Å². The number of hydrogen-bond acceptors (Lipinski definition) is 9. The number of carbonyl (C=O) groups excluding carboxylic acids is 1. The maximum absolute atomic E-state index is 13.3. The number of nitrogens with zero attached hydrogens (tertiary/aromatic N) is 5. The number of carbonyl (C=O) groups is 1. The van der Waals surface area contributed by atoms with Gasteiger partial charge in [0, 0.05) is 12.0 Å². The number of nitrogens with two attached hydrogens (primary N) is 1. The summed E-state index contributed by atoms with van der Waals surface area (Å²) in [6.45, 7) is 4.15. The van der Waals surface area contributed by atoms with Crippen LogP contribution in [-0.2, 0) is 25.0 Å². The minimum absolute atomic E-state index is 0.0434. The van der Waals surface area contributed by atoms with Gasteiger partial charge in [0.05, 0.1) is 35.1 Å². The Morgan fingerprint density at radius 1 is 1.40 bits per heavy atom. The first-order valence-corrected chi connectivity index (χ1v) is 14.8. The second-order valence-electron chi connectivity index (χ2n) is 10.6. The third-order valence-corrected chi connectivity index (χ3v) is 9.93. The smallest absolute Gasteiger partial charge is 0.458 e. The van der Waals surface area contributed by atoms with Crippen molar-refractivity contribution in [3.05, 3.63) is 22.5 Å². The van der Waals surface area contributed by atoms with Crippen molar-refractivity contribution >= 4 is 39.1 Å². The van der Waals surface area contributed by atoms with Crippen LogP contribution in [0.5, 0.6) is 0 Å². The number of halogens is 4. The number of sulfonamides is 1. The predicted octanol–water partition coefficient (Wildman–Crippen LogP) is 3.32. The van der Waals surface area contributed by atoms with Crippen molar-refractivity contribution < 1.29 is 31.1 Å². The van der Waals surface area contributed by atoms with Crippen LogP contribution in [0, 0.1) is 17.2 Å². The number of alkyl halides is 3. The Morgan fingerprint density at radius 2 is 2.08 bits per heavy atom. The summed E-state index contributed by atoms with van der Waals surface area (Å²) in [6.07, 6.45) is 3.43. The number of aromatic nitrogens is 3. The summed E-state index contributed by atoms with van der Waals surface area (Å²) in [5.74, 6) is -1.16. The van der Waals surface area contributed by atoms with Gasteiger partial charge >= 0.3 is 21.5 Å². The first-order valence-electron chi connectivity index (χ1n) is 12.9. The van der Waals surface area contributed by atoms with E-state index in [1.54, 1.807) is 18.4 Å². The largest absolute Gasteiger partial charge is 0.511 e. The summed E-state index contributed by atoms with van der Waals surface area (Å²) in [5, 5.41) is 17.6. The van der Waals surface area contributed by atoms with Gasteiger partial charge in [-0.05, 0) is 31.6 Å². The molecule has 1 aliphatic carbocycles. The van der Waals surface area contributed by atoms with Crippen LogP contribution >= 0.6 is 11.6 Å². The van der Waals surface area contributed by atoms with Gasteiger partial charge in [0.1, 0.15) is 23.7 Å². The minimum Gasteiger partial charge on any atom is -0.458 e. The zero-order valence-electron chi connectivity index (χ0n) is 22.2. The minimum atomic E-state index is -5.65. The highest BCUT2D eigenvalue weighted by Crippen LogP contribution is 2.49. The Morgan fingerprint density at radius 3 is 2.60 bits per heavy atom. The molecular weight excluding hydrogens is 575 g/mol. The molecule has 3 N–H and O–H groups in total. The van der Waals surface area contributed by atoms with Gasteiger partial charge in [-0.1, -0.05) is 38.8 Å². The van der Waals surface area contributed by atoms with Crippen molar-refractivity contribution in [2.75, 3.05) is 18.4 Å². The molecule has 0 amide bonds. The third-order valence-electron chi connectivity index (χ3n) is 7.95. The van der Waals surface area contributed by atoms with E-state index in [0.29, 0.717) is 16.8 Å². The van der Waals surface area contributed by atoms with Crippen LogP contribution in [0.1, 0.15) is 64.1 Å². The fourth-order valence-electron chi connectivity index (χ4n) is 5.23. The Bertz CT molecular complexity index is 1430. The molecule has 11 nitrogen and oxygen atoms in total. The molecule has 1 aliphatic heterocycles. The number of hydrogen-bond donors (Lipinski definition) is 2. The molecule has 0 spiro atoms. The number of nitriles is 1. The molecule has 0 radical (unpaired) electrons. The van der Waals surface area contributed by atoms with Gasteiger partial charge in [0.25, 0.3) is 0 Å². The van der Waals surface area contributed by atoms with Gasteiger partial charge in [0.2, 0.25) is 5.95 Å². The summed E-state index contributed by atoms with van der Waals surface area (Å²) < 4.78 is 71.3. The monoisotopic (exact) mass is 605 g/mol. The fraction of sp³-hybridized carbons (Fsp3) is 0.667. The zero-order valence-corrected chi connectivity index (χ0v) is 23.8. The van der Waals surface area contributed by atoms with Crippen LogP contribution in [0.3, 0.4) is 0 Å². The lowest BCUT2D eigenvalue weighted by atomic mass is 9.64. The molecule has 2 aromatic rings. The molecule has 40 heavy (non-hydrogen) atoms. The molecule has 1 saturated heterocycles. The van der Waals surface area contributed by atoms with Crippen molar-refractivity contribution in [1.82, 2.24) is 18.9 Å². The van der Waals surface area contributed by atoms with Crippen molar-refractivity contribution in [1.29, 1.82) is 5.26 Å². The second-order valence-corrected chi connectivity index (χ2v) is 12.9. The molecule has 3 atom stereocenters. The molecule has 3 heterocycles. The fourth-order valence-corrected chi connectivity index (χ4v) is 6.47. The summed E-state index contributed by atoms with van der Waals surface area (Å²) in [5.41, 5.74) is 1.49. The summed E-state index contributed by atoms with van der Waals surface area (Å²) in [4.78, 5) is 16.9. The van der Waals surface area contributed by atoms with Crippen LogP contribution in [0.2, 0.25) is 5.02 Å². The molecule has 16 heteroatoms. The Kier molecular flexibility index (Phi) is 8.30. The zero-order chi connectivity index (χ0) is 29.6. The standard InChI is InChI=1S/C24H31ClF3N7O4S/c1-4-23(7-5-8-23)20-14(10-29)18(25)16-11-31-22(33-35(16)20)32-15-6-9-34(40(37,38)24(26,27)28)12-17(15)39-21(36)19(30)13(2)3/h11,13,15,17,19H,4-9,12,30H2,1-3H3,(H,32,33)/t15-,17+,19-/m0/s1. The highest BCUT2D eigenvalue weighted by molar-refractivity contribution is 7.90. The van der Waals surface area contributed by atoms with E-state index in [1.807, 2.05) is 6.92 Å². The van der Waals surface area contributed by atoms with Crippen molar-refractivity contribution in [2.45, 2.75) is 82.0 Å². The van der Waals surface area contributed by atoms with Gasteiger partial charge in [-0.2, -0.15) is 22.7 Å². The highest BCUT2D eigenvalue weighted by Gasteiger charge is 2.52. The number of nitrogens with one attached hydrogen (secondary N) is 1. The van der Waals surface area contributed by atoms with Gasteiger partial charge in [0.15, 0.2) is 0 Å². The number of rotatable bonds is 8. The van der Waals surface area contributed by atoms with Gasteiger partial charge in [-0.15, -0.1) is 5.10 Å². The SMILES string of the molecule is CCC1(c2c(C#N)c(Cl)c3cnc(N[C@H]4CCN(S(=O)(=O)C(F)(F)F)C[C@H]4OC(=O)[C@@H](N)C(C)C)nn23)CCC1. The quantitative estimate of drug-likeness (QED) is 0.431. The average molecular weight is 606 g/mol. The molecule has 1 saturated carbocycles. The van der Waals surface area contributed by atoms with E-state index in [4.69, 9.17) is 22.1 Å². The summed E-state index contributed by atoms with van der Waals surface area (Å²) in [7, 11) is -5.65. The molecule has 4 rings (SSSR count). The van der Waals surface area contributed by atoms with E-state index in [1.165, 1.54) is 6.20 Å². The second kappa shape index (κ2) is 11.0. The molecule has 2 fully saturated rings. The van der Waals surface area contributed by atoms with Crippen molar-refractivity contribution in [2.24, 2.45) is 11.7 Å². The number of esters is 1. The molecule has 2 aliphatic rings. The van der Waals surface area contributed by atoms with Crippen LogP contribution in [-0.4, -0.2) is 70.1 Å². The van der Waals surface area contributed by atoms with Gasteiger partial charge < -0.3 is 15.8 Å². The van der Waals surface area contributed by atoms with Crippen LogP contribution < -0.4 is 11.1 Å². The number of ether oxygens (including phenoxy) is 1. The van der Waals surface area contributed by atoms with Gasteiger partial charge in [-0.3, -0.25) is 4.79 Å². The molecule has 0 bridgehead atoms. The molecule has 2 aromatic heterocycles. The number of piperidine rings is 1. The van der Waals surface area contributed by atoms with Crippen LogP contribution in [0.4, 0.5) is 19.1 Å². The maximum Gasteiger partial charge on any atom is 0.511 e. The summed E-state index contributed by atoms with van der Waals surface area (Å²) in [6, 6.07) is 0.273. The Labute approximate surface area is 234 Å². The number of anilines is 1. The summed E-state index contributed by atoms with van der Waals surface area (Å²) >= 11 is 6.51. The lowest BCUT2D eigenvalue weighted by Crippen LogP contribution is -2.56. The van der Waals surface area contributed by atoms with Crippen LogP contribution in [0.25, 0.3) is 5.52 Å². The lowest BCUT2D eigenvalue weighted by Gasteiger charge is -2.41. The maximum atomic E-state index is 13.3. The van der Waals surface area contributed by atoms with E-state index < -0.39 is 52.8 Å². The highest BCUT2D eigenvalue weighted by atomic mass is 35.5. The first-order chi connectivity index (χ1) is 18.7. The molecule has 0 aromatic carbocycles. The van der Waals surface area contributed by atoms with E-state index in [-0.39, 0.29) is 33.0 Å². The lowest BCUT2D eigenvalue weighted by molar-refractivity contribution is -0.154. The molecule has 220 valence electrons. The predicted molar refractivity (Wildman–Crippen MR) is 140 cm³/mol. The Balaban J connectivity index is 1.68. The van der Waals surface area contributed by atoms with Crippen molar-refractivity contribution in [3.8, 4) is 6.07 Å². The average Bonchev–Trinajstić information content (AvgIpc) is 3.14. The molecule has 0 unspecified atom stereocenters. The first kappa shape index (κ1) is 30.3. The molecular formula is C24H31ClF3N7O4S. The van der Waals surface area contributed by atoms with Crippen LogP contribution in [0.15, 0.2) is 6.20 Å². The van der Waals surface area contributed by atoms with E-state index in [2.05, 4.69) is 21.5 Å². The van der Waals surface area contributed by atoms with Gasteiger partial charge in [-0.25, -0.2) is 17.9 Å². The third kappa shape index (κ3) is 5.22. The topological polar surface area (TPSA) is 156 Å². The Hall–Kier alpha value is -2.67.